The van der Waals surface area contributed by atoms with Crippen molar-refractivity contribution in [2.24, 2.45) is 0 Å². The summed E-state index contributed by atoms with van der Waals surface area (Å²) >= 11 is 0. The van der Waals surface area contributed by atoms with Gasteiger partial charge in [-0.1, -0.05) is 60.7 Å². The van der Waals surface area contributed by atoms with Crippen molar-refractivity contribution in [1.29, 1.82) is 0 Å². The number of aryl methyl sites for hydroxylation is 1. The van der Waals surface area contributed by atoms with Crippen molar-refractivity contribution < 1.29 is 14.7 Å². The zero-order chi connectivity index (χ0) is 19.2. The van der Waals surface area contributed by atoms with Crippen molar-refractivity contribution in [3.05, 3.63) is 89.6 Å². The number of rotatable bonds is 6. The topological polar surface area (TPSA) is 79.3 Å². The summed E-state index contributed by atoms with van der Waals surface area (Å²) in [5.74, 6) is -1.38. The highest BCUT2D eigenvalue weighted by atomic mass is 16.4. The van der Waals surface area contributed by atoms with Crippen molar-refractivity contribution in [3.63, 3.8) is 0 Å². The molecule has 1 amide bonds. The van der Waals surface area contributed by atoms with Gasteiger partial charge in [-0.05, 0) is 30.2 Å². The Morgan fingerprint density at radius 3 is 2.37 bits per heavy atom. The number of benzene rings is 2. The lowest BCUT2D eigenvalue weighted by Crippen LogP contribution is -2.31. The number of hydrogen-bond donors (Lipinski definition) is 2. The summed E-state index contributed by atoms with van der Waals surface area (Å²) in [5, 5.41) is 12.1. The summed E-state index contributed by atoms with van der Waals surface area (Å²) in [6.45, 7) is 1.89. The molecule has 5 nitrogen and oxygen atoms in total. The van der Waals surface area contributed by atoms with Crippen LogP contribution >= 0.6 is 0 Å². The molecule has 0 spiro atoms. The third-order valence-electron chi connectivity index (χ3n) is 4.30. The highest BCUT2D eigenvalue weighted by molar-refractivity contribution is 5.93. The van der Waals surface area contributed by atoms with E-state index in [0.29, 0.717) is 5.69 Å². The molecule has 3 aromatic rings. The molecule has 1 aromatic heterocycles. The van der Waals surface area contributed by atoms with Gasteiger partial charge in [-0.15, -0.1) is 0 Å². The number of aromatic nitrogens is 1. The molecule has 2 N–H and O–H groups in total. The molecule has 0 saturated carbocycles. The van der Waals surface area contributed by atoms with Gasteiger partial charge in [0.2, 0.25) is 0 Å². The molecule has 0 aliphatic carbocycles. The predicted molar refractivity (Wildman–Crippen MR) is 103 cm³/mol. The van der Waals surface area contributed by atoms with Gasteiger partial charge in [0.1, 0.15) is 5.69 Å². The largest absolute Gasteiger partial charge is 0.481 e. The molecule has 136 valence electrons. The lowest BCUT2D eigenvalue weighted by atomic mass is 9.98. The molecule has 0 bridgehead atoms. The Balaban J connectivity index is 1.86. The van der Waals surface area contributed by atoms with Crippen LogP contribution in [0.4, 0.5) is 0 Å². The van der Waals surface area contributed by atoms with E-state index in [-0.39, 0.29) is 12.1 Å². The zero-order valence-electron chi connectivity index (χ0n) is 14.9. The van der Waals surface area contributed by atoms with Gasteiger partial charge in [-0.25, -0.2) is 4.98 Å². The Morgan fingerprint density at radius 2 is 1.67 bits per heavy atom. The summed E-state index contributed by atoms with van der Waals surface area (Å²) in [5.41, 5.74) is 3.56. The van der Waals surface area contributed by atoms with E-state index >= 15 is 0 Å². The number of hydrogen-bond acceptors (Lipinski definition) is 3. The Labute approximate surface area is 157 Å². The number of carboxylic acid groups (broad SMARTS) is 1. The minimum absolute atomic E-state index is 0.199. The van der Waals surface area contributed by atoms with Crippen LogP contribution in [0, 0.1) is 6.92 Å². The van der Waals surface area contributed by atoms with Crippen LogP contribution in [-0.2, 0) is 4.79 Å². The molecule has 0 aliphatic rings. The number of amides is 1. The molecule has 5 heteroatoms. The summed E-state index contributed by atoms with van der Waals surface area (Å²) < 4.78 is 0. The quantitative estimate of drug-likeness (QED) is 0.696. The van der Waals surface area contributed by atoms with E-state index in [2.05, 4.69) is 10.3 Å². The Bertz CT molecular complexity index is 955. The third kappa shape index (κ3) is 4.58. The maximum Gasteiger partial charge on any atom is 0.305 e. The van der Waals surface area contributed by atoms with Gasteiger partial charge in [-0.3, -0.25) is 9.59 Å². The second kappa shape index (κ2) is 8.27. The average molecular weight is 360 g/mol. The number of carbonyl (C=O) groups excluding carboxylic acids is 1. The van der Waals surface area contributed by atoms with Crippen molar-refractivity contribution in [3.8, 4) is 11.3 Å². The van der Waals surface area contributed by atoms with Crippen molar-refractivity contribution >= 4 is 11.9 Å². The smallest absolute Gasteiger partial charge is 0.305 e. The first-order valence-electron chi connectivity index (χ1n) is 8.65. The fourth-order valence-electron chi connectivity index (χ4n) is 2.95. The standard InChI is InChI=1S/C22H20N2O3/c1-15-8-5-6-11-17(15)20(14-21(25)26)24-22(27)19-13-7-12-18(23-19)16-9-3-2-4-10-16/h2-13,20H,14H2,1H3,(H,24,27)(H,25,26)/t20-/m0/s1. The van der Waals surface area contributed by atoms with Gasteiger partial charge >= 0.3 is 5.97 Å². The number of nitrogens with one attached hydrogen (secondary N) is 1. The lowest BCUT2D eigenvalue weighted by Gasteiger charge is -2.19. The molecular weight excluding hydrogens is 340 g/mol. The average Bonchev–Trinajstić information content (AvgIpc) is 2.68. The molecule has 0 aliphatic heterocycles. The number of nitrogens with zero attached hydrogens (tertiary/aromatic N) is 1. The summed E-state index contributed by atoms with van der Waals surface area (Å²) in [6, 6.07) is 21.6. The lowest BCUT2D eigenvalue weighted by molar-refractivity contribution is -0.137. The fourth-order valence-corrected chi connectivity index (χ4v) is 2.95. The van der Waals surface area contributed by atoms with Gasteiger partial charge in [0.05, 0.1) is 18.2 Å². The minimum Gasteiger partial charge on any atom is -0.481 e. The predicted octanol–water partition coefficient (Wildman–Crippen LogP) is 4.00. The van der Waals surface area contributed by atoms with Crippen molar-refractivity contribution in [1.82, 2.24) is 10.3 Å². The highest BCUT2D eigenvalue weighted by Gasteiger charge is 2.21. The van der Waals surface area contributed by atoms with Gasteiger partial charge in [0.15, 0.2) is 0 Å². The number of pyridine rings is 1. The second-order valence-corrected chi connectivity index (χ2v) is 6.25. The number of carbonyl (C=O) groups is 2. The third-order valence-corrected chi connectivity index (χ3v) is 4.30. The van der Waals surface area contributed by atoms with Crippen LogP contribution in [0.5, 0.6) is 0 Å². The van der Waals surface area contributed by atoms with Gasteiger partial charge in [-0.2, -0.15) is 0 Å². The first-order chi connectivity index (χ1) is 13.0. The van der Waals surface area contributed by atoms with E-state index < -0.39 is 17.9 Å². The summed E-state index contributed by atoms with van der Waals surface area (Å²) in [7, 11) is 0. The van der Waals surface area contributed by atoms with E-state index in [0.717, 1.165) is 16.7 Å². The summed E-state index contributed by atoms with van der Waals surface area (Å²) in [6.07, 6.45) is -0.199. The van der Waals surface area contributed by atoms with Crippen LogP contribution in [0.3, 0.4) is 0 Å². The van der Waals surface area contributed by atoms with E-state index in [4.69, 9.17) is 0 Å². The molecule has 27 heavy (non-hydrogen) atoms. The molecule has 1 heterocycles. The van der Waals surface area contributed by atoms with Crippen LogP contribution in [-0.4, -0.2) is 22.0 Å². The number of aliphatic carboxylic acids is 1. The Kier molecular flexibility index (Phi) is 5.61. The molecule has 2 aromatic carbocycles. The molecule has 0 fully saturated rings. The highest BCUT2D eigenvalue weighted by Crippen LogP contribution is 2.22. The normalized spacial score (nSPS) is 11.6. The second-order valence-electron chi connectivity index (χ2n) is 6.25. The first kappa shape index (κ1) is 18.3. The Morgan fingerprint density at radius 1 is 0.963 bits per heavy atom. The fraction of sp³-hybridized carbons (Fsp3) is 0.136. The van der Waals surface area contributed by atoms with Gasteiger partial charge < -0.3 is 10.4 Å². The molecule has 3 rings (SSSR count). The molecular formula is C22H20N2O3. The maximum atomic E-state index is 12.7. The van der Waals surface area contributed by atoms with Crippen LogP contribution in [0.15, 0.2) is 72.8 Å². The van der Waals surface area contributed by atoms with Crippen LogP contribution in [0.1, 0.15) is 34.1 Å². The maximum absolute atomic E-state index is 12.7. The van der Waals surface area contributed by atoms with Crippen LogP contribution in [0.25, 0.3) is 11.3 Å². The zero-order valence-corrected chi connectivity index (χ0v) is 14.9. The van der Waals surface area contributed by atoms with Crippen molar-refractivity contribution in [2.45, 2.75) is 19.4 Å². The van der Waals surface area contributed by atoms with E-state index in [9.17, 15) is 14.7 Å². The van der Waals surface area contributed by atoms with Gasteiger partial charge in [0, 0.05) is 5.56 Å². The van der Waals surface area contributed by atoms with E-state index in [1.165, 1.54) is 0 Å². The Hall–Kier alpha value is -3.47. The molecule has 0 saturated heterocycles. The SMILES string of the molecule is Cc1ccccc1[C@H](CC(=O)O)NC(=O)c1cccc(-c2ccccc2)n1. The van der Waals surface area contributed by atoms with Gasteiger partial charge in [0.25, 0.3) is 5.91 Å². The summed E-state index contributed by atoms with van der Waals surface area (Å²) in [4.78, 5) is 28.5. The van der Waals surface area contributed by atoms with Crippen LogP contribution < -0.4 is 5.32 Å². The van der Waals surface area contributed by atoms with Crippen LogP contribution in [0.2, 0.25) is 0 Å². The molecule has 1 atom stereocenters. The molecule has 0 unspecified atom stereocenters. The monoisotopic (exact) mass is 360 g/mol. The van der Waals surface area contributed by atoms with E-state index in [1.807, 2.05) is 67.6 Å². The number of carboxylic acids is 1. The molecule has 0 radical (unpaired) electrons. The first-order valence-corrected chi connectivity index (χ1v) is 8.65. The minimum atomic E-state index is -0.977. The van der Waals surface area contributed by atoms with E-state index in [1.54, 1.807) is 12.1 Å². The van der Waals surface area contributed by atoms with Crippen molar-refractivity contribution in [2.75, 3.05) is 0 Å².